The standard InChI is InChI=1S/C23H44N4O4/c1-6-26(22(28)31-23(2,3)4)16-19-8-12-27(13-9-19)21(24-5)25-11-7-14-29-17-20-10-15-30-18-20/h19-20H,6-18H2,1-5H3,(H,24,25). The van der Waals surface area contributed by atoms with Gasteiger partial charge in [0.2, 0.25) is 0 Å². The van der Waals surface area contributed by atoms with Crippen molar-refractivity contribution in [2.45, 2.75) is 59.0 Å². The number of carbonyl (C=O) groups is 1. The average molecular weight is 441 g/mol. The van der Waals surface area contributed by atoms with Crippen LogP contribution in [-0.4, -0.2) is 93.7 Å². The highest BCUT2D eigenvalue weighted by atomic mass is 16.6. The third-order valence-corrected chi connectivity index (χ3v) is 5.76. The number of piperidine rings is 1. The second kappa shape index (κ2) is 13.1. The van der Waals surface area contributed by atoms with Crippen molar-refractivity contribution in [3.63, 3.8) is 0 Å². The van der Waals surface area contributed by atoms with E-state index in [9.17, 15) is 4.79 Å². The molecule has 8 heteroatoms. The van der Waals surface area contributed by atoms with Crippen LogP contribution in [0.25, 0.3) is 0 Å². The number of hydrogen-bond acceptors (Lipinski definition) is 5. The second-order valence-electron chi connectivity index (χ2n) is 9.58. The van der Waals surface area contributed by atoms with Crippen molar-refractivity contribution in [3.8, 4) is 0 Å². The molecular formula is C23H44N4O4. The molecule has 2 saturated heterocycles. The zero-order valence-corrected chi connectivity index (χ0v) is 20.3. The van der Waals surface area contributed by atoms with E-state index in [0.29, 0.717) is 18.4 Å². The molecule has 1 amide bonds. The zero-order chi connectivity index (χ0) is 22.7. The Labute approximate surface area is 188 Å². The van der Waals surface area contributed by atoms with Crippen LogP contribution in [0.15, 0.2) is 4.99 Å². The van der Waals surface area contributed by atoms with Gasteiger partial charge in [0.05, 0.1) is 13.2 Å². The maximum Gasteiger partial charge on any atom is 0.410 e. The maximum atomic E-state index is 12.4. The van der Waals surface area contributed by atoms with Crippen LogP contribution in [0.1, 0.15) is 53.4 Å². The molecule has 1 atom stereocenters. The van der Waals surface area contributed by atoms with E-state index in [1.807, 2.05) is 39.6 Å². The lowest BCUT2D eigenvalue weighted by Gasteiger charge is -2.36. The number of carbonyl (C=O) groups excluding carboxylic acids is 1. The molecular weight excluding hydrogens is 396 g/mol. The van der Waals surface area contributed by atoms with Gasteiger partial charge in [0.1, 0.15) is 5.60 Å². The van der Waals surface area contributed by atoms with Crippen LogP contribution < -0.4 is 5.32 Å². The van der Waals surface area contributed by atoms with Crippen molar-refractivity contribution in [2.75, 3.05) is 66.2 Å². The number of hydrogen-bond donors (Lipinski definition) is 1. The summed E-state index contributed by atoms with van der Waals surface area (Å²) in [6.07, 6.45) is 3.97. The number of rotatable bonds is 9. The molecule has 2 aliphatic rings. The maximum absolute atomic E-state index is 12.4. The number of likely N-dealkylation sites (tertiary alicyclic amines) is 1. The molecule has 2 heterocycles. The largest absolute Gasteiger partial charge is 0.444 e. The fraction of sp³-hybridized carbons (Fsp3) is 0.913. The molecule has 8 nitrogen and oxygen atoms in total. The highest BCUT2D eigenvalue weighted by molar-refractivity contribution is 5.79. The predicted molar refractivity (Wildman–Crippen MR) is 124 cm³/mol. The molecule has 1 N–H and O–H groups in total. The lowest BCUT2D eigenvalue weighted by atomic mass is 9.96. The fourth-order valence-corrected chi connectivity index (χ4v) is 3.97. The third-order valence-electron chi connectivity index (χ3n) is 5.76. The molecule has 0 bridgehead atoms. The van der Waals surface area contributed by atoms with Gasteiger partial charge < -0.3 is 29.3 Å². The Kier molecular flexibility index (Phi) is 10.9. The Morgan fingerprint density at radius 3 is 2.55 bits per heavy atom. The molecule has 2 fully saturated rings. The molecule has 0 radical (unpaired) electrons. The van der Waals surface area contributed by atoms with Crippen LogP contribution in [0.2, 0.25) is 0 Å². The number of nitrogens with one attached hydrogen (secondary N) is 1. The number of aliphatic imine (C=N–C) groups is 1. The van der Waals surface area contributed by atoms with Gasteiger partial charge in [-0.1, -0.05) is 0 Å². The highest BCUT2D eigenvalue weighted by Crippen LogP contribution is 2.20. The molecule has 2 aliphatic heterocycles. The number of amides is 1. The Morgan fingerprint density at radius 1 is 1.23 bits per heavy atom. The minimum Gasteiger partial charge on any atom is -0.444 e. The Morgan fingerprint density at radius 2 is 1.97 bits per heavy atom. The van der Waals surface area contributed by atoms with E-state index in [4.69, 9.17) is 14.2 Å². The summed E-state index contributed by atoms with van der Waals surface area (Å²) in [6, 6.07) is 0. The summed E-state index contributed by atoms with van der Waals surface area (Å²) in [6.45, 7) is 15.2. The average Bonchev–Trinajstić information content (AvgIpc) is 3.24. The zero-order valence-electron chi connectivity index (χ0n) is 20.3. The van der Waals surface area contributed by atoms with Gasteiger partial charge in [-0.05, 0) is 59.3 Å². The first-order valence-corrected chi connectivity index (χ1v) is 11.9. The van der Waals surface area contributed by atoms with Crippen LogP contribution in [0, 0.1) is 11.8 Å². The first-order chi connectivity index (χ1) is 14.8. The molecule has 0 aromatic carbocycles. The topological polar surface area (TPSA) is 75.6 Å². The molecule has 0 aliphatic carbocycles. The van der Waals surface area contributed by atoms with Gasteiger partial charge in [-0.2, -0.15) is 0 Å². The van der Waals surface area contributed by atoms with Crippen molar-refractivity contribution in [2.24, 2.45) is 16.8 Å². The van der Waals surface area contributed by atoms with E-state index in [1.54, 1.807) is 0 Å². The van der Waals surface area contributed by atoms with Crippen molar-refractivity contribution < 1.29 is 19.0 Å². The summed E-state index contributed by atoms with van der Waals surface area (Å²) in [5, 5.41) is 3.47. The SMILES string of the molecule is CCN(CC1CCN(C(=NC)NCCCOCC2CCOC2)CC1)C(=O)OC(C)(C)C. The molecule has 0 aromatic heterocycles. The summed E-state index contributed by atoms with van der Waals surface area (Å²) < 4.78 is 16.7. The fourth-order valence-electron chi connectivity index (χ4n) is 3.97. The minimum absolute atomic E-state index is 0.211. The van der Waals surface area contributed by atoms with Gasteiger partial charge in [0.25, 0.3) is 0 Å². The minimum atomic E-state index is -0.456. The highest BCUT2D eigenvalue weighted by Gasteiger charge is 2.27. The predicted octanol–water partition coefficient (Wildman–Crippen LogP) is 2.97. The molecule has 0 saturated carbocycles. The number of ether oxygens (including phenoxy) is 3. The van der Waals surface area contributed by atoms with Crippen molar-refractivity contribution >= 4 is 12.1 Å². The van der Waals surface area contributed by atoms with Crippen LogP contribution in [-0.2, 0) is 14.2 Å². The molecule has 180 valence electrons. The van der Waals surface area contributed by atoms with Gasteiger partial charge in [0, 0.05) is 58.9 Å². The summed E-state index contributed by atoms with van der Waals surface area (Å²) in [4.78, 5) is 21.0. The number of nitrogens with zero attached hydrogens (tertiary/aromatic N) is 3. The van der Waals surface area contributed by atoms with E-state index in [1.165, 1.54) is 0 Å². The summed E-state index contributed by atoms with van der Waals surface area (Å²) in [7, 11) is 1.84. The van der Waals surface area contributed by atoms with Gasteiger partial charge in [-0.25, -0.2) is 4.79 Å². The molecule has 2 rings (SSSR count). The Balaban J connectivity index is 1.63. The van der Waals surface area contributed by atoms with E-state index < -0.39 is 5.60 Å². The summed E-state index contributed by atoms with van der Waals surface area (Å²) in [5.74, 6) is 2.03. The van der Waals surface area contributed by atoms with Gasteiger partial charge >= 0.3 is 6.09 Å². The molecule has 31 heavy (non-hydrogen) atoms. The quantitative estimate of drug-likeness (QED) is 0.337. The van der Waals surface area contributed by atoms with E-state index in [2.05, 4.69) is 15.2 Å². The summed E-state index contributed by atoms with van der Waals surface area (Å²) >= 11 is 0. The van der Waals surface area contributed by atoms with E-state index in [0.717, 1.165) is 84.2 Å². The van der Waals surface area contributed by atoms with E-state index >= 15 is 0 Å². The van der Waals surface area contributed by atoms with Crippen LogP contribution in [0.3, 0.4) is 0 Å². The first-order valence-electron chi connectivity index (χ1n) is 11.9. The first kappa shape index (κ1) is 25.7. The van der Waals surface area contributed by atoms with Gasteiger partial charge in [-0.15, -0.1) is 0 Å². The Bertz CT molecular complexity index is 550. The van der Waals surface area contributed by atoms with E-state index in [-0.39, 0.29) is 6.09 Å². The molecule has 0 aromatic rings. The second-order valence-corrected chi connectivity index (χ2v) is 9.58. The molecule has 1 unspecified atom stereocenters. The molecule has 0 spiro atoms. The van der Waals surface area contributed by atoms with Gasteiger partial charge in [-0.3, -0.25) is 4.99 Å². The normalized spacial score (nSPS) is 20.7. The van der Waals surface area contributed by atoms with Crippen molar-refractivity contribution in [1.29, 1.82) is 0 Å². The smallest absolute Gasteiger partial charge is 0.410 e. The third kappa shape index (κ3) is 9.64. The monoisotopic (exact) mass is 440 g/mol. The van der Waals surface area contributed by atoms with Gasteiger partial charge in [0.15, 0.2) is 5.96 Å². The Hall–Kier alpha value is -1.54. The summed E-state index contributed by atoms with van der Waals surface area (Å²) in [5.41, 5.74) is -0.456. The van der Waals surface area contributed by atoms with Crippen LogP contribution in [0.5, 0.6) is 0 Å². The van der Waals surface area contributed by atoms with Crippen molar-refractivity contribution in [3.05, 3.63) is 0 Å². The number of guanidine groups is 1. The van der Waals surface area contributed by atoms with Crippen LogP contribution >= 0.6 is 0 Å². The lowest BCUT2D eigenvalue weighted by Crippen LogP contribution is -2.48. The lowest BCUT2D eigenvalue weighted by molar-refractivity contribution is 0.0214. The van der Waals surface area contributed by atoms with Crippen LogP contribution in [0.4, 0.5) is 4.79 Å². The van der Waals surface area contributed by atoms with Crippen molar-refractivity contribution in [1.82, 2.24) is 15.1 Å².